The summed E-state index contributed by atoms with van der Waals surface area (Å²) in [5, 5.41) is 0. The van der Waals surface area contributed by atoms with Gasteiger partial charge < -0.3 is 5.73 Å². The first-order chi connectivity index (χ1) is 7.02. The molecule has 16 heavy (non-hydrogen) atoms. The SMILES string of the molecule is CC(CC(N)=S)NS(=O)(=O)NCC(F)(F)F. The largest absolute Gasteiger partial charge is 0.402 e. The van der Waals surface area contributed by atoms with E-state index in [1.165, 1.54) is 11.6 Å². The lowest BCUT2D eigenvalue weighted by atomic mass is 10.3. The van der Waals surface area contributed by atoms with Crippen molar-refractivity contribution in [2.45, 2.75) is 25.6 Å². The van der Waals surface area contributed by atoms with Crippen LogP contribution in [0.25, 0.3) is 0 Å². The van der Waals surface area contributed by atoms with Crippen molar-refractivity contribution in [3.8, 4) is 0 Å². The van der Waals surface area contributed by atoms with E-state index < -0.39 is 29.0 Å². The van der Waals surface area contributed by atoms with E-state index in [4.69, 9.17) is 5.73 Å². The molecule has 0 aliphatic heterocycles. The number of hydrogen-bond acceptors (Lipinski definition) is 3. The maximum Gasteiger partial charge on any atom is 0.402 e. The van der Waals surface area contributed by atoms with Gasteiger partial charge in [-0.15, -0.1) is 0 Å². The lowest BCUT2D eigenvalue weighted by molar-refractivity contribution is -0.121. The van der Waals surface area contributed by atoms with E-state index in [0.717, 1.165) is 0 Å². The highest BCUT2D eigenvalue weighted by atomic mass is 32.2. The quantitative estimate of drug-likeness (QED) is 0.599. The van der Waals surface area contributed by atoms with Gasteiger partial charge in [-0.05, 0) is 6.92 Å². The van der Waals surface area contributed by atoms with Crippen LogP contribution in [0.4, 0.5) is 13.2 Å². The number of hydrogen-bond donors (Lipinski definition) is 3. The molecule has 1 atom stereocenters. The van der Waals surface area contributed by atoms with Gasteiger partial charge in [-0.25, -0.2) is 0 Å². The fourth-order valence-electron chi connectivity index (χ4n) is 0.827. The van der Waals surface area contributed by atoms with Crippen molar-refractivity contribution < 1.29 is 21.6 Å². The van der Waals surface area contributed by atoms with Gasteiger partial charge in [0.05, 0.1) is 4.99 Å². The fourth-order valence-corrected chi connectivity index (χ4v) is 2.13. The summed E-state index contributed by atoms with van der Waals surface area (Å²) in [5.74, 6) is 0. The summed E-state index contributed by atoms with van der Waals surface area (Å²) in [7, 11) is -4.19. The van der Waals surface area contributed by atoms with Crippen LogP contribution in [0.15, 0.2) is 0 Å². The summed E-state index contributed by atoms with van der Waals surface area (Å²) < 4.78 is 60.6. The predicted octanol–water partition coefficient (Wildman–Crippen LogP) is 0.0374. The summed E-state index contributed by atoms with van der Waals surface area (Å²) in [6.07, 6.45) is -4.52. The van der Waals surface area contributed by atoms with Gasteiger partial charge >= 0.3 is 6.18 Å². The van der Waals surface area contributed by atoms with Crippen LogP contribution in [0, 0.1) is 0 Å². The Bertz CT molecular complexity index is 341. The van der Waals surface area contributed by atoms with E-state index in [2.05, 4.69) is 12.2 Å². The maximum atomic E-state index is 11.7. The normalized spacial score (nSPS) is 14.8. The molecule has 10 heteroatoms. The minimum absolute atomic E-state index is 0.0717. The summed E-state index contributed by atoms with van der Waals surface area (Å²) >= 11 is 4.53. The molecule has 0 saturated carbocycles. The summed E-state index contributed by atoms with van der Waals surface area (Å²) in [6.45, 7) is -0.186. The van der Waals surface area contributed by atoms with Gasteiger partial charge in [0.15, 0.2) is 0 Å². The summed E-state index contributed by atoms with van der Waals surface area (Å²) in [5.41, 5.74) is 5.15. The molecule has 0 amide bonds. The molecule has 0 saturated heterocycles. The van der Waals surface area contributed by atoms with Crippen LogP contribution in [0.1, 0.15) is 13.3 Å². The van der Waals surface area contributed by atoms with Gasteiger partial charge in [-0.2, -0.15) is 31.0 Å². The van der Waals surface area contributed by atoms with Crippen LogP contribution in [0.5, 0.6) is 0 Å². The number of thiocarbonyl (C=S) groups is 1. The Hall–Kier alpha value is -0.450. The number of alkyl halides is 3. The molecule has 96 valence electrons. The van der Waals surface area contributed by atoms with Gasteiger partial charge in [0.2, 0.25) is 0 Å². The van der Waals surface area contributed by atoms with Gasteiger partial charge in [0.1, 0.15) is 6.54 Å². The Morgan fingerprint density at radius 3 is 2.38 bits per heavy atom. The average molecular weight is 279 g/mol. The van der Waals surface area contributed by atoms with E-state index >= 15 is 0 Å². The molecule has 0 aromatic rings. The standard InChI is InChI=1S/C6H12F3N3O2S2/c1-4(2-5(10)15)12-16(13,14)11-3-6(7,8)9/h4,11-12H,2-3H2,1H3,(H2,10,15). The Balaban J connectivity index is 4.20. The van der Waals surface area contributed by atoms with Gasteiger partial charge in [-0.3, -0.25) is 0 Å². The predicted molar refractivity (Wildman–Crippen MR) is 57.0 cm³/mol. The van der Waals surface area contributed by atoms with Crippen LogP contribution in [0.3, 0.4) is 0 Å². The summed E-state index contributed by atoms with van der Waals surface area (Å²) in [6, 6.07) is -0.664. The molecule has 0 spiro atoms. The van der Waals surface area contributed by atoms with Crippen LogP contribution < -0.4 is 15.2 Å². The van der Waals surface area contributed by atoms with Crippen molar-refractivity contribution in [3.05, 3.63) is 0 Å². The van der Waals surface area contributed by atoms with Crippen LogP contribution in [-0.4, -0.2) is 32.2 Å². The zero-order valence-electron chi connectivity index (χ0n) is 8.34. The van der Waals surface area contributed by atoms with Crippen molar-refractivity contribution in [1.82, 2.24) is 9.44 Å². The molecule has 0 aliphatic carbocycles. The molecule has 4 N–H and O–H groups in total. The van der Waals surface area contributed by atoms with Crippen molar-refractivity contribution in [2.24, 2.45) is 5.73 Å². The molecule has 5 nitrogen and oxygen atoms in total. The molecule has 0 aromatic heterocycles. The van der Waals surface area contributed by atoms with Crippen LogP contribution >= 0.6 is 12.2 Å². The first kappa shape index (κ1) is 15.6. The van der Waals surface area contributed by atoms with Crippen LogP contribution in [0.2, 0.25) is 0 Å². The highest BCUT2D eigenvalue weighted by Crippen LogP contribution is 2.12. The van der Waals surface area contributed by atoms with E-state index in [0.29, 0.717) is 0 Å². The van der Waals surface area contributed by atoms with E-state index in [9.17, 15) is 21.6 Å². The zero-order valence-corrected chi connectivity index (χ0v) is 9.97. The van der Waals surface area contributed by atoms with Gasteiger partial charge in [0, 0.05) is 12.5 Å². The van der Waals surface area contributed by atoms with Crippen molar-refractivity contribution >= 4 is 27.4 Å². The lowest BCUT2D eigenvalue weighted by Crippen LogP contribution is -2.45. The second-order valence-electron chi connectivity index (χ2n) is 3.13. The highest BCUT2D eigenvalue weighted by Gasteiger charge is 2.29. The third kappa shape index (κ3) is 8.83. The number of nitrogens with two attached hydrogens (primary N) is 1. The molecule has 0 rings (SSSR count). The highest BCUT2D eigenvalue weighted by molar-refractivity contribution is 7.87. The molecular formula is C6H12F3N3O2S2. The van der Waals surface area contributed by atoms with Crippen LogP contribution in [-0.2, 0) is 10.2 Å². The van der Waals surface area contributed by atoms with E-state index in [1.54, 1.807) is 0 Å². The Labute approximate surface area is 96.8 Å². The minimum Gasteiger partial charge on any atom is -0.393 e. The third-order valence-corrected chi connectivity index (χ3v) is 2.73. The minimum atomic E-state index is -4.60. The Morgan fingerprint density at radius 2 is 2.00 bits per heavy atom. The smallest absolute Gasteiger partial charge is 0.393 e. The lowest BCUT2D eigenvalue weighted by Gasteiger charge is -2.14. The fraction of sp³-hybridized carbons (Fsp3) is 0.833. The van der Waals surface area contributed by atoms with Gasteiger partial charge in [0.25, 0.3) is 10.2 Å². The first-order valence-corrected chi connectivity index (χ1v) is 6.03. The molecule has 0 aromatic carbocycles. The van der Waals surface area contributed by atoms with E-state index in [1.807, 2.05) is 4.72 Å². The van der Waals surface area contributed by atoms with Crippen molar-refractivity contribution in [1.29, 1.82) is 0 Å². The molecule has 0 fully saturated rings. The van der Waals surface area contributed by atoms with E-state index in [-0.39, 0.29) is 11.4 Å². The second-order valence-corrected chi connectivity index (χ2v) is 5.18. The van der Waals surface area contributed by atoms with Crippen molar-refractivity contribution in [3.63, 3.8) is 0 Å². The molecule has 0 heterocycles. The Kier molecular flexibility index (Phi) is 5.59. The topological polar surface area (TPSA) is 84.2 Å². The number of halogens is 3. The van der Waals surface area contributed by atoms with Crippen molar-refractivity contribution in [2.75, 3.05) is 6.54 Å². The Morgan fingerprint density at radius 1 is 1.50 bits per heavy atom. The zero-order chi connectivity index (χ0) is 13.0. The first-order valence-electron chi connectivity index (χ1n) is 4.14. The molecule has 0 aliphatic rings. The van der Waals surface area contributed by atoms with Gasteiger partial charge in [-0.1, -0.05) is 12.2 Å². The number of rotatable bonds is 6. The molecule has 1 unspecified atom stereocenters. The maximum absolute atomic E-state index is 11.7. The molecule has 0 radical (unpaired) electrons. The monoisotopic (exact) mass is 279 g/mol. The number of nitrogens with one attached hydrogen (secondary N) is 2. The third-order valence-electron chi connectivity index (χ3n) is 1.33. The molecule has 0 bridgehead atoms. The average Bonchev–Trinajstić information content (AvgIpc) is 1.96. The summed E-state index contributed by atoms with van der Waals surface area (Å²) in [4.78, 5) is 0.0750. The second kappa shape index (κ2) is 5.75. The molecular weight excluding hydrogens is 267 g/mol.